The van der Waals surface area contributed by atoms with Gasteiger partial charge >= 0.3 is 11.9 Å². The van der Waals surface area contributed by atoms with Crippen molar-refractivity contribution in [2.75, 3.05) is 6.61 Å². The van der Waals surface area contributed by atoms with Crippen LogP contribution in [0.2, 0.25) is 0 Å². The lowest BCUT2D eigenvalue weighted by atomic mass is 9.90. The molecule has 0 aromatic heterocycles. The molecule has 0 aromatic rings. The van der Waals surface area contributed by atoms with Crippen molar-refractivity contribution in [1.82, 2.24) is 0 Å². The second-order valence-corrected chi connectivity index (χ2v) is 3.75. The van der Waals surface area contributed by atoms with Crippen molar-refractivity contribution in [3.05, 3.63) is 11.1 Å². The molecule has 0 N–H and O–H groups in total. The Kier molecular flexibility index (Phi) is 2.75. The third kappa shape index (κ3) is 1.76. The zero-order valence-electron chi connectivity index (χ0n) is 8.75. The fraction of sp³-hybridized carbons (Fsp3) is 0.636. The maximum absolute atomic E-state index is 11.5. The zero-order valence-corrected chi connectivity index (χ0v) is 8.75. The monoisotopic (exact) mass is 210 g/mol. The van der Waals surface area contributed by atoms with Crippen LogP contribution in [0.1, 0.15) is 32.6 Å². The molecule has 0 saturated carbocycles. The largest absolute Gasteiger partial charge is 0.463 e. The first-order valence-corrected chi connectivity index (χ1v) is 5.33. The van der Waals surface area contributed by atoms with Gasteiger partial charge in [0.2, 0.25) is 6.10 Å². The first kappa shape index (κ1) is 10.2. The standard InChI is InChI=1S/C11H14O4/c1-2-14-11(13)9-7-5-3-4-6-8(7)10(12)15-9/h9H,2-6H2,1H3. The van der Waals surface area contributed by atoms with Gasteiger partial charge in [-0.05, 0) is 38.2 Å². The summed E-state index contributed by atoms with van der Waals surface area (Å²) in [5.41, 5.74) is 1.56. The zero-order chi connectivity index (χ0) is 10.8. The summed E-state index contributed by atoms with van der Waals surface area (Å²) >= 11 is 0. The second kappa shape index (κ2) is 4.04. The Morgan fingerprint density at radius 3 is 2.93 bits per heavy atom. The second-order valence-electron chi connectivity index (χ2n) is 3.75. The first-order valence-electron chi connectivity index (χ1n) is 5.33. The van der Waals surface area contributed by atoms with E-state index in [1.807, 2.05) is 0 Å². The van der Waals surface area contributed by atoms with Crippen LogP contribution in [0.5, 0.6) is 0 Å². The number of rotatable bonds is 2. The normalized spacial score (nSPS) is 24.9. The highest BCUT2D eigenvalue weighted by molar-refractivity contribution is 5.97. The summed E-state index contributed by atoms with van der Waals surface area (Å²) in [6, 6.07) is 0. The molecule has 2 rings (SSSR count). The topological polar surface area (TPSA) is 52.6 Å². The van der Waals surface area contributed by atoms with Gasteiger partial charge in [0, 0.05) is 5.57 Å². The van der Waals surface area contributed by atoms with E-state index >= 15 is 0 Å². The molecule has 1 aliphatic heterocycles. The van der Waals surface area contributed by atoms with Gasteiger partial charge in [0.05, 0.1) is 6.61 Å². The minimum Gasteiger partial charge on any atom is -0.463 e. The molecule has 2 aliphatic rings. The number of hydrogen-bond donors (Lipinski definition) is 0. The van der Waals surface area contributed by atoms with Crippen LogP contribution in [-0.2, 0) is 19.1 Å². The molecular formula is C11H14O4. The Bertz CT molecular complexity index is 329. The van der Waals surface area contributed by atoms with Crippen molar-refractivity contribution in [3.8, 4) is 0 Å². The van der Waals surface area contributed by atoms with E-state index < -0.39 is 12.1 Å². The number of carbonyl (C=O) groups is 2. The molecule has 0 aromatic carbocycles. The van der Waals surface area contributed by atoms with E-state index in [2.05, 4.69) is 0 Å². The lowest BCUT2D eigenvalue weighted by molar-refractivity contribution is -0.160. The van der Waals surface area contributed by atoms with Crippen LogP contribution in [0, 0.1) is 0 Å². The van der Waals surface area contributed by atoms with E-state index in [9.17, 15) is 9.59 Å². The van der Waals surface area contributed by atoms with Gasteiger partial charge in [0.25, 0.3) is 0 Å². The third-order valence-electron chi connectivity index (χ3n) is 2.80. The van der Waals surface area contributed by atoms with Gasteiger partial charge in [-0.1, -0.05) is 0 Å². The molecule has 0 saturated heterocycles. The quantitative estimate of drug-likeness (QED) is 0.645. The van der Waals surface area contributed by atoms with Crippen molar-refractivity contribution < 1.29 is 19.1 Å². The third-order valence-corrected chi connectivity index (χ3v) is 2.80. The molecular weight excluding hydrogens is 196 g/mol. The Labute approximate surface area is 88.2 Å². The molecule has 1 unspecified atom stereocenters. The van der Waals surface area contributed by atoms with E-state index in [1.54, 1.807) is 6.92 Å². The molecule has 0 spiro atoms. The van der Waals surface area contributed by atoms with Gasteiger partial charge in [-0.15, -0.1) is 0 Å². The van der Waals surface area contributed by atoms with E-state index in [-0.39, 0.29) is 5.97 Å². The number of esters is 2. The van der Waals surface area contributed by atoms with E-state index in [1.165, 1.54) is 0 Å². The highest BCUT2D eigenvalue weighted by Gasteiger charge is 2.40. The van der Waals surface area contributed by atoms with Crippen molar-refractivity contribution in [1.29, 1.82) is 0 Å². The summed E-state index contributed by atoms with van der Waals surface area (Å²) in [5.74, 6) is -0.763. The predicted octanol–water partition coefficient (Wildman–Crippen LogP) is 1.35. The van der Waals surface area contributed by atoms with Crippen molar-refractivity contribution in [2.24, 2.45) is 0 Å². The molecule has 1 heterocycles. The minimum atomic E-state index is -0.757. The summed E-state index contributed by atoms with van der Waals surface area (Å²) in [7, 11) is 0. The molecule has 0 fully saturated rings. The molecule has 82 valence electrons. The van der Waals surface area contributed by atoms with Gasteiger partial charge < -0.3 is 9.47 Å². The predicted molar refractivity (Wildman–Crippen MR) is 52.0 cm³/mol. The summed E-state index contributed by atoms with van der Waals surface area (Å²) in [4.78, 5) is 23.0. The molecule has 0 amide bonds. The van der Waals surface area contributed by atoms with Gasteiger partial charge in [0.1, 0.15) is 0 Å². The molecule has 1 atom stereocenters. The average molecular weight is 210 g/mol. The Balaban J connectivity index is 2.18. The van der Waals surface area contributed by atoms with Crippen LogP contribution >= 0.6 is 0 Å². The Morgan fingerprint density at radius 2 is 2.20 bits per heavy atom. The smallest absolute Gasteiger partial charge is 0.351 e. The van der Waals surface area contributed by atoms with Gasteiger partial charge in [-0.25, -0.2) is 9.59 Å². The number of ether oxygens (including phenoxy) is 2. The van der Waals surface area contributed by atoms with E-state index in [0.717, 1.165) is 31.3 Å². The highest BCUT2D eigenvalue weighted by Crippen LogP contribution is 2.34. The number of hydrogen-bond acceptors (Lipinski definition) is 4. The van der Waals surface area contributed by atoms with Crippen LogP contribution in [0.3, 0.4) is 0 Å². The van der Waals surface area contributed by atoms with E-state index in [0.29, 0.717) is 12.2 Å². The maximum atomic E-state index is 11.5. The van der Waals surface area contributed by atoms with Crippen molar-refractivity contribution in [3.63, 3.8) is 0 Å². The van der Waals surface area contributed by atoms with Crippen LogP contribution in [0.4, 0.5) is 0 Å². The molecule has 4 nitrogen and oxygen atoms in total. The van der Waals surface area contributed by atoms with Crippen LogP contribution in [0.15, 0.2) is 11.1 Å². The van der Waals surface area contributed by atoms with Gasteiger partial charge in [-0.2, -0.15) is 0 Å². The summed E-state index contributed by atoms with van der Waals surface area (Å²) in [6.45, 7) is 2.06. The maximum Gasteiger partial charge on any atom is 0.351 e. The fourth-order valence-electron chi connectivity index (χ4n) is 2.11. The summed E-state index contributed by atoms with van der Waals surface area (Å²) in [6.07, 6.45) is 2.79. The SMILES string of the molecule is CCOC(=O)C1OC(=O)C2=C1CCCC2. The van der Waals surface area contributed by atoms with Crippen molar-refractivity contribution in [2.45, 2.75) is 38.7 Å². The van der Waals surface area contributed by atoms with Crippen LogP contribution in [0.25, 0.3) is 0 Å². The van der Waals surface area contributed by atoms with E-state index in [4.69, 9.17) is 9.47 Å². The average Bonchev–Trinajstić information content (AvgIpc) is 2.58. The van der Waals surface area contributed by atoms with Gasteiger partial charge in [-0.3, -0.25) is 0 Å². The Hall–Kier alpha value is -1.32. The van der Waals surface area contributed by atoms with Crippen molar-refractivity contribution >= 4 is 11.9 Å². The van der Waals surface area contributed by atoms with Crippen LogP contribution < -0.4 is 0 Å². The first-order chi connectivity index (χ1) is 7.24. The lowest BCUT2D eigenvalue weighted by Crippen LogP contribution is -2.26. The summed E-state index contributed by atoms with van der Waals surface area (Å²) < 4.78 is 9.91. The molecule has 0 bridgehead atoms. The number of carbonyl (C=O) groups excluding carboxylic acids is 2. The highest BCUT2D eigenvalue weighted by atomic mass is 16.6. The lowest BCUT2D eigenvalue weighted by Gasteiger charge is -2.14. The minimum absolute atomic E-state index is 0.315. The number of cyclic esters (lactones) is 1. The summed E-state index contributed by atoms with van der Waals surface area (Å²) in [5, 5.41) is 0. The van der Waals surface area contributed by atoms with Gasteiger partial charge in [0.15, 0.2) is 0 Å². The molecule has 1 aliphatic carbocycles. The molecule has 15 heavy (non-hydrogen) atoms. The molecule has 4 heteroatoms. The molecule has 0 radical (unpaired) electrons. The van der Waals surface area contributed by atoms with Crippen LogP contribution in [-0.4, -0.2) is 24.6 Å². The fourth-order valence-corrected chi connectivity index (χ4v) is 2.11. The Morgan fingerprint density at radius 1 is 1.47 bits per heavy atom.